The normalized spacial score (nSPS) is 12.8. The summed E-state index contributed by atoms with van der Waals surface area (Å²) in [6.45, 7) is 4.94. The molecule has 0 saturated heterocycles. The van der Waals surface area contributed by atoms with E-state index in [4.69, 9.17) is 4.42 Å². The van der Waals surface area contributed by atoms with Crippen molar-refractivity contribution in [2.75, 3.05) is 6.61 Å². The van der Waals surface area contributed by atoms with E-state index in [1.54, 1.807) is 12.1 Å². The number of hydrogen-bond acceptors (Lipinski definition) is 3. The van der Waals surface area contributed by atoms with Crippen molar-refractivity contribution in [2.24, 2.45) is 5.92 Å². The third kappa shape index (κ3) is 4.69. The van der Waals surface area contributed by atoms with Gasteiger partial charge in [0.1, 0.15) is 17.3 Å². The molecule has 3 nitrogen and oxygen atoms in total. The lowest BCUT2D eigenvalue weighted by Gasteiger charge is -2.17. The van der Waals surface area contributed by atoms with E-state index in [2.05, 4.69) is 19.2 Å². The highest BCUT2D eigenvalue weighted by molar-refractivity contribution is 5.57. The van der Waals surface area contributed by atoms with Crippen LogP contribution >= 0.6 is 0 Å². The van der Waals surface area contributed by atoms with Crippen LogP contribution < -0.4 is 5.32 Å². The molecule has 0 radical (unpaired) electrons. The van der Waals surface area contributed by atoms with Crippen LogP contribution in [0.1, 0.15) is 26.0 Å². The minimum atomic E-state index is -0.258. The summed E-state index contributed by atoms with van der Waals surface area (Å²) in [5.41, 5.74) is 0.850. The first kappa shape index (κ1) is 15.7. The molecule has 1 heterocycles. The van der Waals surface area contributed by atoms with E-state index in [1.165, 1.54) is 12.1 Å². The van der Waals surface area contributed by atoms with E-state index in [0.717, 1.165) is 23.5 Å². The number of aliphatic hydroxyl groups excluding tert-OH is 1. The van der Waals surface area contributed by atoms with E-state index in [1.807, 2.05) is 12.1 Å². The summed E-state index contributed by atoms with van der Waals surface area (Å²) in [7, 11) is 0. The Balaban J connectivity index is 1.95. The Labute approximate surface area is 124 Å². The van der Waals surface area contributed by atoms with Crippen molar-refractivity contribution in [3.05, 3.63) is 48.0 Å². The van der Waals surface area contributed by atoms with Crippen LogP contribution in [0.3, 0.4) is 0 Å². The summed E-state index contributed by atoms with van der Waals surface area (Å²) in [5, 5.41) is 12.6. The largest absolute Gasteiger partial charge is 0.460 e. The average molecular weight is 291 g/mol. The van der Waals surface area contributed by atoms with Crippen LogP contribution in [0.2, 0.25) is 0 Å². The standard InChI is InChI=1S/C17H22FNO2/c1-12(2)9-15(11-20)19-10-16-7-8-17(21-16)13-3-5-14(18)6-4-13/h3-8,12,15,19-20H,9-11H2,1-2H3. The van der Waals surface area contributed by atoms with Crippen LogP contribution in [0.15, 0.2) is 40.8 Å². The van der Waals surface area contributed by atoms with Crippen molar-refractivity contribution in [3.8, 4) is 11.3 Å². The van der Waals surface area contributed by atoms with Crippen LogP contribution in [0.25, 0.3) is 11.3 Å². The number of rotatable bonds is 7. The van der Waals surface area contributed by atoms with Gasteiger partial charge in [-0.15, -0.1) is 0 Å². The Bertz CT molecular complexity index is 548. The van der Waals surface area contributed by atoms with Gasteiger partial charge in [0, 0.05) is 11.6 Å². The Morgan fingerprint density at radius 2 is 1.86 bits per heavy atom. The molecule has 0 amide bonds. The molecule has 0 bridgehead atoms. The quantitative estimate of drug-likeness (QED) is 0.819. The fourth-order valence-corrected chi connectivity index (χ4v) is 2.28. The molecule has 1 aromatic carbocycles. The van der Waals surface area contributed by atoms with Gasteiger partial charge in [0.05, 0.1) is 13.2 Å². The van der Waals surface area contributed by atoms with Gasteiger partial charge >= 0.3 is 0 Å². The average Bonchev–Trinajstić information content (AvgIpc) is 2.92. The molecule has 0 fully saturated rings. The number of furan rings is 1. The molecule has 21 heavy (non-hydrogen) atoms. The third-order valence-electron chi connectivity index (χ3n) is 3.33. The molecule has 1 atom stereocenters. The van der Waals surface area contributed by atoms with Gasteiger partial charge in [-0.05, 0) is 48.7 Å². The van der Waals surface area contributed by atoms with Gasteiger partial charge in [-0.2, -0.15) is 0 Å². The van der Waals surface area contributed by atoms with Gasteiger partial charge in [0.2, 0.25) is 0 Å². The zero-order valence-corrected chi connectivity index (χ0v) is 12.5. The predicted octanol–water partition coefficient (Wildman–Crippen LogP) is 3.58. The van der Waals surface area contributed by atoms with E-state index in [0.29, 0.717) is 12.5 Å². The molecule has 2 N–H and O–H groups in total. The molecule has 0 spiro atoms. The second-order valence-corrected chi connectivity index (χ2v) is 5.66. The minimum absolute atomic E-state index is 0.0735. The highest BCUT2D eigenvalue weighted by Gasteiger charge is 2.11. The molecular weight excluding hydrogens is 269 g/mol. The topological polar surface area (TPSA) is 45.4 Å². The van der Waals surface area contributed by atoms with Crippen LogP contribution in [-0.4, -0.2) is 17.8 Å². The number of benzene rings is 1. The van der Waals surface area contributed by atoms with Crippen LogP contribution in [0.5, 0.6) is 0 Å². The number of hydrogen-bond donors (Lipinski definition) is 2. The fraction of sp³-hybridized carbons (Fsp3) is 0.412. The molecule has 4 heteroatoms. The first-order valence-corrected chi connectivity index (χ1v) is 7.27. The minimum Gasteiger partial charge on any atom is -0.460 e. The van der Waals surface area contributed by atoms with Gasteiger partial charge in [0.15, 0.2) is 0 Å². The molecule has 1 unspecified atom stereocenters. The number of halogens is 1. The second kappa shape index (κ2) is 7.38. The summed E-state index contributed by atoms with van der Waals surface area (Å²) >= 11 is 0. The molecule has 0 aliphatic carbocycles. The Hall–Kier alpha value is -1.65. The van der Waals surface area contributed by atoms with Crippen LogP contribution in [-0.2, 0) is 6.54 Å². The number of nitrogens with one attached hydrogen (secondary N) is 1. The van der Waals surface area contributed by atoms with Crippen molar-refractivity contribution >= 4 is 0 Å². The van der Waals surface area contributed by atoms with Crippen molar-refractivity contribution in [2.45, 2.75) is 32.9 Å². The van der Waals surface area contributed by atoms with E-state index in [9.17, 15) is 9.50 Å². The van der Waals surface area contributed by atoms with Gasteiger partial charge < -0.3 is 14.8 Å². The summed E-state index contributed by atoms with van der Waals surface area (Å²) in [4.78, 5) is 0. The lowest BCUT2D eigenvalue weighted by molar-refractivity contribution is 0.221. The molecule has 1 aromatic heterocycles. The molecule has 2 rings (SSSR count). The van der Waals surface area contributed by atoms with Crippen molar-refractivity contribution < 1.29 is 13.9 Å². The zero-order chi connectivity index (χ0) is 15.2. The van der Waals surface area contributed by atoms with Crippen molar-refractivity contribution in [3.63, 3.8) is 0 Å². The Kier molecular flexibility index (Phi) is 5.53. The highest BCUT2D eigenvalue weighted by atomic mass is 19.1. The third-order valence-corrected chi connectivity index (χ3v) is 3.33. The van der Waals surface area contributed by atoms with Gasteiger partial charge in [-0.1, -0.05) is 13.8 Å². The first-order chi connectivity index (χ1) is 10.1. The van der Waals surface area contributed by atoms with Crippen molar-refractivity contribution in [1.82, 2.24) is 5.32 Å². The number of aliphatic hydroxyl groups is 1. The molecule has 0 saturated carbocycles. The van der Waals surface area contributed by atoms with Crippen LogP contribution in [0, 0.1) is 11.7 Å². The molecule has 2 aromatic rings. The Morgan fingerprint density at radius 1 is 1.14 bits per heavy atom. The van der Waals surface area contributed by atoms with Gasteiger partial charge in [-0.3, -0.25) is 0 Å². The molecule has 0 aliphatic heterocycles. The Morgan fingerprint density at radius 3 is 2.48 bits per heavy atom. The second-order valence-electron chi connectivity index (χ2n) is 5.66. The summed E-state index contributed by atoms with van der Waals surface area (Å²) < 4.78 is 18.6. The van der Waals surface area contributed by atoms with E-state index < -0.39 is 0 Å². The zero-order valence-electron chi connectivity index (χ0n) is 12.5. The van der Waals surface area contributed by atoms with Gasteiger partial charge in [-0.25, -0.2) is 4.39 Å². The SMILES string of the molecule is CC(C)CC(CO)NCc1ccc(-c2ccc(F)cc2)o1. The predicted molar refractivity (Wildman–Crippen MR) is 81.3 cm³/mol. The van der Waals surface area contributed by atoms with Crippen molar-refractivity contribution in [1.29, 1.82) is 0 Å². The molecular formula is C17H22FNO2. The molecule has 114 valence electrons. The first-order valence-electron chi connectivity index (χ1n) is 7.27. The smallest absolute Gasteiger partial charge is 0.134 e. The monoisotopic (exact) mass is 291 g/mol. The maximum absolute atomic E-state index is 12.9. The highest BCUT2D eigenvalue weighted by Crippen LogP contribution is 2.22. The van der Waals surface area contributed by atoms with E-state index in [-0.39, 0.29) is 18.5 Å². The maximum Gasteiger partial charge on any atom is 0.134 e. The summed E-state index contributed by atoms with van der Waals surface area (Å²) in [6, 6.07) is 10.1. The van der Waals surface area contributed by atoms with Crippen LogP contribution in [0.4, 0.5) is 4.39 Å². The van der Waals surface area contributed by atoms with Gasteiger partial charge in [0.25, 0.3) is 0 Å². The molecule has 0 aliphatic rings. The summed E-state index contributed by atoms with van der Waals surface area (Å²) in [5.74, 6) is 1.79. The fourth-order valence-electron chi connectivity index (χ4n) is 2.28. The van der Waals surface area contributed by atoms with E-state index >= 15 is 0 Å². The maximum atomic E-state index is 12.9. The lowest BCUT2D eigenvalue weighted by Crippen LogP contribution is -2.33. The summed E-state index contributed by atoms with van der Waals surface area (Å²) in [6.07, 6.45) is 0.919. The lowest BCUT2D eigenvalue weighted by atomic mass is 10.0.